The van der Waals surface area contributed by atoms with Crippen LogP contribution in [-0.2, 0) is 0 Å². The Morgan fingerprint density at radius 2 is 0.885 bits per heavy atom. The summed E-state index contributed by atoms with van der Waals surface area (Å²) in [5.41, 5.74) is 2.06. The third kappa shape index (κ3) is 3.50. The van der Waals surface area contributed by atoms with Gasteiger partial charge in [-0.2, -0.15) is 0 Å². The second kappa shape index (κ2) is 8.72. The van der Waals surface area contributed by atoms with Crippen LogP contribution in [0.2, 0.25) is 46.6 Å². The predicted octanol–water partition coefficient (Wildman–Crippen LogP) is 6.37. The molecule has 0 radical (unpaired) electrons. The van der Waals surface area contributed by atoms with Crippen molar-refractivity contribution in [1.82, 2.24) is 9.97 Å². The fourth-order valence-corrected chi connectivity index (χ4v) is 12.4. The van der Waals surface area contributed by atoms with E-state index in [2.05, 4.69) is 53.7 Å². The molecular formula is C20H32Cl2N2Si2. The van der Waals surface area contributed by atoms with Crippen molar-refractivity contribution in [1.29, 1.82) is 0 Å². The Bertz CT molecular complexity index is 691. The third-order valence-corrected chi connectivity index (χ3v) is 18.8. The van der Waals surface area contributed by atoms with E-state index in [4.69, 9.17) is 33.2 Å². The van der Waals surface area contributed by atoms with E-state index in [1.807, 2.05) is 0 Å². The van der Waals surface area contributed by atoms with E-state index < -0.39 is 16.1 Å². The first-order valence-corrected chi connectivity index (χ1v) is 16.0. The Morgan fingerprint density at radius 3 is 1.12 bits per heavy atom. The van der Waals surface area contributed by atoms with Gasteiger partial charge in [0.15, 0.2) is 10.3 Å². The second-order valence-corrected chi connectivity index (χ2v) is 18.5. The van der Waals surface area contributed by atoms with Gasteiger partial charge in [-0.05, 0) is 10.4 Å². The molecule has 26 heavy (non-hydrogen) atoms. The molecule has 0 aliphatic carbocycles. The number of rotatable bonds is 8. The van der Waals surface area contributed by atoms with Gasteiger partial charge in [-0.3, -0.25) is 0 Å². The van der Waals surface area contributed by atoms with Crippen LogP contribution in [0.1, 0.15) is 41.5 Å². The van der Waals surface area contributed by atoms with Crippen LogP contribution in [0.4, 0.5) is 0 Å². The maximum absolute atomic E-state index is 6.33. The van der Waals surface area contributed by atoms with Crippen molar-refractivity contribution in [3.05, 3.63) is 22.4 Å². The van der Waals surface area contributed by atoms with E-state index in [0.29, 0.717) is 10.3 Å². The number of benzene rings is 1. The number of fused-ring (bicyclic) bond motifs is 1. The summed E-state index contributed by atoms with van der Waals surface area (Å²) in [6.45, 7) is 14.0. The zero-order valence-electron chi connectivity index (χ0n) is 17.0. The van der Waals surface area contributed by atoms with Gasteiger partial charge in [-0.25, -0.2) is 9.97 Å². The molecule has 0 aliphatic heterocycles. The van der Waals surface area contributed by atoms with Gasteiger partial charge in [0.05, 0.1) is 27.2 Å². The molecule has 1 aromatic carbocycles. The maximum atomic E-state index is 6.33. The van der Waals surface area contributed by atoms with E-state index in [-0.39, 0.29) is 0 Å². The van der Waals surface area contributed by atoms with Gasteiger partial charge in [0.25, 0.3) is 0 Å². The van der Waals surface area contributed by atoms with Gasteiger partial charge >= 0.3 is 0 Å². The first-order chi connectivity index (χ1) is 12.4. The lowest BCUT2D eigenvalue weighted by atomic mass is 10.3. The fraction of sp³-hybridized carbons (Fsp3) is 0.600. The Hall–Kier alpha value is -0.426. The van der Waals surface area contributed by atoms with Gasteiger partial charge in [0, 0.05) is 0 Å². The second-order valence-electron chi connectivity index (χ2n) is 7.35. The molecule has 0 amide bonds. The molecule has 0 unspecified atom stereocenters. The lowest BCUT2D eigenvalue weighted by molar-refractivity contribution is 1.18. The number of hydrogen-bond donors (Lipinski definition) is 0. The molecular weight excluding hydrogens is 395 g/mol. The summed E-state index contributed by atoms with van der Waals surface area (Å²) in [4.78, 5) is 9.58. The van der Waals surface area contributed by atoms with Gasteiger partial charge in [-0.1, -0.05) is 113 Å². The monoisotopic (exact) mass is 426 g/mol. The molecule has 0 aliphatic rings. The maximum Gasteiger partial charge on any atom is 0.167 e. The van der Waals surface area contributed by atoms with Crippen LogP contribution in [0.15, 0.2) is 12.1 Å². The van der Waals surface area contributed by atoms with Crippen molar-refractivity contribution in [2.75, 3.05) is 0 Å². The first kappa shape index (κ1) is 21.9. The summed E-state index contributed by atoms with van der Waals surface area (Å²) in [5.74, 6) is 0. The highest BCUT2D eigenvalue weighted by Gasteiger charge is 2.36. The predicted molar refractivity (Wildman–Crippen MR) is 123 cm³/mol. The van der Waals surface area contributed by atoms with E-state index in [1.165, 1.54) is 46.6 Å². The van der Waals surface area contributed by atoms with E-state index in [9.17, 15) is 0 Å². The molecule has 1 aromatic heterocycles. The van der Waals surface area contributed by atoms with Crippen LogP contribution in [-0.4, -0.2) is 26.1 Å². The zero-order valence-corrected chi connectivity index (χ0v) is 20.6. The Kier molecular flexibility index (Phi) is 7.33. The molecule has 2 rings (SSSR count). The van der Waals surface area contributed by atoms with Crippen LogP contribution in [0.25, 0.3) is 11.0 Å². The van der Waals surface area contributed by atoms with Crippen molar-refractivity contribution in [3.63, 3.8) is 0 Å². The first-order valence-electron chi connectivity index (χ1n) is 10.0. The summed E-state index contributed by atoms with van der Waals surface area (Å²) < 4.78 is 0. The molecule has 0 bridgehead atoms. The molecule has 0 saturated heterocycles. The fourth-order valence-electron chi connectivity index (χ4n) is 4.59. The Morgan fingerprint density at radius 1 is 0.615 bits per heavy atom. The highest BCUT2D eigenvalue weighted by Crippen LogP contribution is 2.29. The Labute approximate surface area is 170 Å². The summed E-state index contributed by atoms with van der Waals surface area (Å²) in [5, 5.41) is 3.50. The number of aromatic nitrogens is 2. The number of hydrogen-bond acceptors (Lipinski definition) is 2. The van der Waals surface area contributed by atoms with Crippen molar-refractivity contribution in [3.8, 4) is 0 Å². The molecule has 144 valence electrons. The highest BCUT2D eigenvalue weighted by molar-refractivity contribution is 6.95. The minimum Gasteiger partial charge on any atom is -0.231 e. The minimum absolute atomic E-state index is 0.334. The average Bonchev–Trinajstić information content (AvgIpc) is 2.67. The molecule has 2 nitrogen and oxygen atoms in total. The van der Waals surface area contributed by atoms with E-state index >= 15 is 0 Å². The van der Waals surface area contributed by atoms with Crippen LogP contribution < -0.4 is 10.4 Å². The largest absolute Gasteiger partial charge is 0.231 e. The zero-order chi connectivity index (χ0) is 19.5. The quantitative estimate of drug-likeness (QED) is 0.458. The number of nitrogens with zero attached hydrogens (tertiary/aromatic N) is 2. The van der Waals surface area contributed by atoms with Gasteiger partial charge in [0.1, 0.15) is 0 Å². The highest BCUT2D eigenvalue weighted by atomic mass is 35.5. The summed E-state index contributed by atoms with van der Waals surface area (Å²) >= 11 is 12.7. The molecule has 0 saturated carbocycles. The lowest BCUT2D eigenvalue weighted by Crippen LogP contribution is -2.50. The van der Waals surface area contributed by atoms with Gasteiger partial charge in [-0.15, -0.1) is 0 Å². The molecule has 6 heteroatoms. The molecule has 0 N–H and O–H groups in total. The normalized spacial score (nSPS) is 12.8. The Balaban J connectivity index is 2.94. The van der Waals surface area contributed by atoms with Crippen LogP contribution in [0.3, 0.4) is 0 Å². The van der Waals surface area contributed by atoms with Gasteiger partial charge < -0.3 is 0 Å². The number of halogens is 2. The van der Waals surface area contributed by atoms with Crippen molar-refractivity contribution < 1.29 is 0 Å². The molecule has 0 fully saturated rings. The molecule has 2 aromatic rings. The van der Waals surface area contributed by atoms with Gasteiger partial charge in [0.2, 0.25) is 0 Å². The van der Waals surface area contributed by atoms with Crippen LogP contribution in [0.5, 0.6) is 0 Å². The van der Waals surface area contributed by atoms with Crippen LogP contribution >= 0.6 is 23.2 Å². The lowest BCUT2D eigenvalue weighted by Gasteiger charge is -2.33. The SMILES string of the molecule is CC[Si](CC)(CC)c1ccc([Si](CC)(CC)CC)c2nc(Cl)c(Cl)nc12. The minimum atomic E-state index is -1.60. The molecule has 1 heterocycles. The van der Waals surface area contributed by atoms with Crippen molar-refractivity contribution in [2.45, 2.75) is 77.8 Å². The summed E-state index contributed by atoms with van der Waals surface area (Å²) in [7, 11) is -3.20. The van der Waals surface area contributed by atoms with E-state index in [0.717, 1.165) is 11.0 Å². The standard InChI is InChI=1S/C20H32Cl2N2Si2/c1-7-25(8-2,9-3)15-13-14-16(26(10-4,11-5)12-6)18-17(15)23-19(21)20(22)24-18/h13-14H,7-12H2,1-6H3. The van der Waals surface area contributed by atoms with Crippen LogP contribution in [0, 0.1) is 0 Å². The summed E-state index contributed by atoms with van der Waals surface area (Å²) in [6, 6.07) is 12.1. The van der Waals surface area contributed by atoms with Crippen molar-refractivity contribution >= 4 is 60.8 Å². The average molecular weight is 428 g/mol. The smallest absolute Gasteiger partial charge is 0.167 e. The van der Waals surface area contributed by atoms with Crippen molar-refractivity contribution in [2.24, 2.45) is 0 Å². The van der Waals surface area contributed by atoms with E-state index in [1.54, 1.807) is 0 Å². The third-order valence-electron chi connectivity index (χ3n) is 6.94. The molecule has 0 spiro atoms. The summed E-state index contributed by atoms with van der Waals surface area (Å²) in [6.07, 6.45) is 0. The molecule has 0 atom stereocenters. The topological polar surface area (TPSA) is 25.8 Å².